The summed E-state index contributed by atoms with van der Waals surface area (Å²) in [5, 5.41) is 5.16. The molecule has 30 heavy (non-hydrogen) atoms. The summed E-state index contributed by atoms with van der Waals surface area (Å²) >= 11 is 6.30. The highest BCUT2D eigenvalue weighted by atomic mass is 35.5. The van der Waals surface area contributed by atoms with Crippen LogP contribution < -0.4 is 10.1 Å². The number of rotatable bonds is 8. The predicted molar refractivity (Wildman–Crippen MR) is 120 cm³/mol. The average Bonchev–Trinajstić information content (AvgIpc) is 2.78. The zero-order valence-electron chi connectivity index (χ0n) is 17.1. The summed E-state index contributed by atoms with van der Waals surface area (Å²) in [5.41, 5.74) is 0.778. The lowest BCUT2D eigenvalue weighted by Crippen LogP contribution is -2.49. The molecule has 0 aliphatic heterocycles. The van der Waals surface area contributed by atoms with E-state index in [9.17, 15) is 9.59 Å². The first-order valence-electron chi connectivity index (χ1n) is 9.90. The van der Waals surface area contributed by atoms with Crippen LogP contribution in [0.1, 0.15) is 18.9 Å². The quantitative estimate of drug-likeness (QED) is 0.582. The number of halogens is 1. The predicted octanol–water partition coefficient (Wildman–Crippen LogP) is 4.43. The van der Waals surface area contributed by atoms with E-state index in [1.165, 1.54) is 4.90 Å². The molecule has 3 aromatic rings. The Balaban J connectivity index is 1.83. The number of amides is 2. The van der Waals surface area contributed by atoms with Crippen LogP contribution in [0.3, 0.4) is 0 Å². The second-order valence-corrected chi connectivity index (χ2v) is 7.32. The van der Waals surface area contributed by atoms with Crippen molar-refractivity contribution in [1.29, 1.82) is 0 Å². The van der Waals surface area contributed by atoms with E-state index in [4.69, 9.17) is 16.3 Å². The molecule has 3 rings (SSSR count). The molecule has 0 saturated heterocycles. The van der Waals surface area contributed by atoms with Gasteiger partial charge in [-0.15, -0.1) is 0 Å². The van der Waals surface area contributed by atoms with Crippen molar-refractivity contribution >= 4 is 34.2 Å². The molecule has 1 atom stereocenters. The summed E-state index contributed by atoms with van der Waals surface area (Å²) in [6.07, 6.45) is 0.476. The van der Waals surface area contributed by atoms with Crippen LogP contribution in [0.5, 0.6) is 5.75 Å². The summed E-state index contributed by atoms with van der Waals surface area (Å²) in [6.45, 7) is 1.92. The third kappa shape index (κ3) is 4.92. The van der Waals surface area contributed by atoms with Crippen LogP contribution in [0.4, 0.5) is 0 Å². The minimum atomic E-state index is -0.616. The molecule has 6 heteroatoms. The van der Waals surface area contributed by atoms with Crippen LogP contribution in [0.25, 0.3) is 10.8 Å². The van der Waals surface area contributed by atoms with Crippen molar-refractivity contribution in [3.8, 4) is 5.75 Å². The molecule has 0 fully saturated rings. The Morgan fingerprint density at radius 1 is 1.03 bits per heavy atom. The molecule has 0 aromatic heterocycles. The summed E-state index contributed by atoms with van der Waals surface area (Å²) < 4.78 is 5.88. The summed E-state index contributed by atoms with van der Waals surface area (Å²) in [5.74, 6) is 0.133. The number of ether oxygens (including phenoxy) is 1. The monoisotopic (exact) mass is 424 g/mol. The lowest BCUT2D eigenvalue weighted by molar-refractivity contribution is -0.142. The second kappa shape index (κ2) is 10.1. The molecule has 0 saturated carbocycles. The molecule has 3 aromatic carbocycles. The highest BCUT2D eigenvalue weighted by Gasteiger charge is 2.28. The minimum absolute atomic E-state index is 0.175. The number of hydrogen-bond acceptors (Lipinski definition) is 3. The highest BCUT2D eigenvalue weighted by molar-refractivity contribution is 6.31. The number of carbonyl (C=O) groups excluding carboxylic acids is 2. The number of likely N-dealkylation sites (N-methyl/N-ethyl adjacent to an activating group) is 1. The molecule has 0 radical (unpaired) electrons. The van der Waals surface area contributed by atoms with Crippen LogP contribution in [0, 0.1) is 0 Å². The van der Waals surface area contributed by atoms with E-state index in [1.807, 2.05) is 67.6 Å². The fourth-order valence-electron chi connectivity index (χ4n) is 3.44. The van der Waals surface area contributed by atoms with Gasteiger partial charge in [-0.05, 0) is 29.5 Å². The maximum Gasteiger partial charge on any atom is 0.261 e. The molecule has 1 unspecified atom stereocenters. The van der Waals surface area contributed by atoms with E-state index >= 15 is 0 Å². The van der Waals surface area contributed by atoms with E-state index in [2.05, 4.69) is 5.32 Å². The smallest absolute Gasteiger partial charge is 0.261 e. The van der Waals surface area contributed by atoms with Crippen LogP contribution in [0.2, 0.25) is 5.02 Å². The summed E-state index contributed by atoms with van der Waals surface area (Å²) in [4.78, 5) is 27.1. The van der Waals surface area contributed by atoms with Gasteiger partial charge >= 0.3 is 0 Å². The maximum atomic E-state index is 13.2. The van der Waals surface area contributed by atoms with Gasteiger partial charge in [0.15, 0.2) is 6.61 Å². The van der Waals surface area contributed by atoms with Crippen LogP contribution in [0.15, 0.2) is 66.7 Å². The third-order valence-electron chi connectivity index (χ3n) is 5.03. The first-order chi connectivity index (χ1) is 14.5. The van der Waals surface area contributed by atoms with Crippen molar-refractivity contribution in [3.63, 3.8) is 0 Å². The van der Waals surface area contributed by atoms with Gasteiger partial charge in [0.05, 0.1) is 0 Å². The number of carbonyl (C=O) groups is 2. The number of benzene rings is 3. The topological polar surface area (TPSA) is 58.6 Å². The molecule has 1 N–H and O–H groups in total. The fourth-order valence-corrected chi connectivity index (χ4v) is 3.64. The first kappa shape index (κ1) is 21.7. The standard InChI is InChI=1S/C24H25ClN2O3/c1-3-21(24(29)26-2)27(15-18-10-5-7-13-20(18)25)23(28)16-30-22-14-8-11-17-9-4-6-12-19(17)22/h4-14,21H,3,15-16H2,1-2H3,(H,26,29). The molecule has 5 nitrogen and oxygen atoms in total. The van der Waals surface area contributed by atoms with Crippen molar-refractivity contribution in [2.75, 3.05) is 13.7 Å². The van der Waals surface area contributed by atoms with E-state index in [-0.39, 0.29) is 25.0 Å². The van der Waals surface area contributed by atoms with Gasteiger partial charge in [0, 0.05) is 24.0 Å². The van der Waals surface area contributed by atoms with Crippen molar-refractivity contribution in [2.45, 2.75) is 25.9 Å². The van der Waals surface area contributed by atoms with Crippen LogP contribution in [-0.2, 0) is 16.1 Å². The molecule has 0 heterocycles. The molecular formula is C24H25ClN2O3. The van der Waals surface area contributed by atoms with Gasteiger partial charge in [0.1, 0.15) is 11.8 Å². The van der Waals surface area contributed by atoms with Crippen molar-refractivity contribution in [2.24, 2.45) is 0 Å². The normalized spacial score (nSPS) is 11.7. The Morgan fingerprint density at radius 2 is 1.73 bits per heavy atom. The second-order valence-electron chi connectivity index (χ2n) is 6.92. The number of hydrogen-bond donors (Lipinski definition) is 1. The van der Waals surface area contributed by atoms with Crippen LogP contribution >= 0.6 is 11.6 Å². The largest absolute Gasteiger partial charge is 0.483 e. The van der Waals surface area contributed by atoms with Gasteiger partial charge in [0.25, 0.3) is 5.91 Å². The van der Waals surface area contributed by atoms with E-state index in [0.29, 0.717) is 17.2 Å². The Labute approximate surface area is 181 Å². The van der Waals surface area contributed by atoms with Gasteiger partial charge in [-0.25, -0.2) is 0 Å². The van der Waals surface area contributed by atoms with Gasteiger partial charge in [0.2, 0.25) is 5.91 Å². The van der Waals surface area contributed by atoms with Gasteiger partial charge < -0.3 is 15.0 Å². The van der Waals surface area contributed by atoms with E-state index < -0.39 is 6.04 Å². The highest BCUT2D eigenvalue weighted by Crippen LogP contribution is 2.25. The van der Waals surface area contributed by atoms with Crippen LogP contribution in [-0.4, -0.2) is 36.4 Å². The van der Waals surface area contributed by atoms with Crippen molar-refractivity contribution in [3.05, 3.63) is 77.3 Å². The van der Waals surface area contributed by atoms with Crippen molar-refractivity contribution in [1.82, 2.24) is 10.2 Å². The Bertz CT molecular complexity index is 1030. The lowest BCUT2D eigenvalue weighted by Gasteiger charge is -2.30. The molecule has 0 aliphatic rings. The molecular weight excluding hydrogens is 400 g/mol. The first-order valence-corrected chi connectivity index (χ1v) is 10.3. The zero-order valence-corrected chi connectivity index (χ0v) is 17.9. The summed E-state index contributed by atoms with van der Waals surface area (Å²) in [6, 6.07) is 20.3. The third-order valence-corrected chi connectivity index (χ3v) is 5.40. The Morgan fingerprint density at radius 3 is 2.47 bits per heavy atom. The zero-order chi connectivity index (χ0) is 21.5. The van der Waals surface area contributed by atoms with Crippen molar-refractivity contribution < 1.29 is 14.3 Å². The SMILES string of the molecule is CCC(C(=O)NC)N(Cc1ccccc1Cl)C(=O)COc1cccc2ccccc12. The van der Waals surface area contributed by atoms with Gasteiger partial charge in [-0.2, -0.15) is 0 Å². The molecule has 156 valence electrons. The maximum absolute atomic E-state index is 13.2. The number of nitrogens with zero attached hydrogens (tertiary/aromatic N) is 1. The fraction of sp³-hybridized carbons (Fsp3) is 0.250. The molecule has 0 aliphatic carbocycles. The van der Waals surface area contributed by atoms with E-state index in [0.717, 1.165) is 16.3 Å². The lowest BCUT2D eigenvalue weighted by atomic mass is 10.1. The van der Waals surface area contributed by atoms with Gasteiger partial charge in [-0.3, -0.25) is 9.59 Å². The molecule has 0 spiro atoms. The minimum Gasteiger partial charge on any atom is -0.483 e. The number of fused-ring (bicyclic) bond motifs is 1. The number of nitrogens with one attached hydrogen (secondary N) is 1. The van der Waals surface area contributed by atoms with Gasteiger partial charge in [-0.1, -0.05) is 73.1 Å². The Hall–Kier alpha value is -3.05. The van der Waals surface area contributed by atoms with E-state index in [1.54, 1.807) is 13.1 Å². The Kier molecular flexibility index (Phi) is 7.31. The molecule has 0 bridgehead atoms. The summed E-state index contributed by atoms with van der Waals surface area (Å²) in [7, 11) is 1.57. The average molecular weight is 425 g/mol. The molecule has 2 amide bonds.